The second-order valence-electron chi connectivity index (χ2n) is 5.94. The highest BCUT2D eigenvalue weighted by Crippen LogP contribution is 2.22. The maximum atomic E-state index is 5.75. The van der Waals surface area contributed by atoms with Crippen molar-refractivity contribution >= 4 is 17.2 Å². The minimum atomic E-state index is -0.00161. The van der Waals surface area contributed by atoms with Gasteiger partial charge in [0.15, 0.2) is 0 Å². The molecule has 0 aromatic heterocycles. The maximum absolute atomic E-state index is 5.75. The average Bonchev–Trinajstić information content (AvgIpc) is 2.26. The second kappa shape index (κ2) is 8.83. The van der Waals surface area contributed by atoms with Gasteiger partial charge in [-0.25, -0.2) is 0 Å². The summed E-state index contributed by atoms with van der Waals surface area (Å²) in [6, 6.07) is 0. The molecule has 2 N–H and O–H groups in total. The molecule has 0 saturated carbocycles. The van der Waals surface area contributed by atoms with Gasteiger partial charge < -0.3 is 15.5 Å². The summed E-state index contributed by atoms with van der Waals surface area (Å²) in [5, 5.41) is 0. The topological polar surface area (TPSA) is 32.5 Å². The molecule has 0 aliphatic heterocycles. The first-order valence-corrected chi connectivity index (χ1v) is 7.37. The van der Waals surface area contributed by atoms with Crippen molar-refractivity contribution in [3.8, 4) is 0 Å². The summed E-state index contributed by atoms with van der Waals surface area (Å²) < 4.78 is 0. The van der Waals surface area contributed by atoms with Crippen LogP contribution in [0, 0.1) is 5.41 Å². The lowest BCUT2D eigenvalue weighted by Gasteiger charge is -2.26. The van der Waals surface area contributed by atoms with Crippen LogP contribution in [0.4, 0.5) is 0 Å². The summed E-state index contributed by atoms with van der Waals surface area (Å²) in [5.74, 6) is 0. The van der Waals surface area contributed by atoms with Crippen LogP contribution in [-0.2, 0) is 0 Å². The van der Waals surface area contributed by atoms with Gasteiger partial charge in [-0.1, -0.05) is 33.0 Å². The van der Waals surface area contributed by atoms with E-state index < -0.39 is 0 Å². The van der Waals surface area contributed by atoms with E-state index in [4.69, 9.17) is 18.0 Å². The van der Waals surface area contributed by atoms with Gasteiger partial charge in [-0.15, -0.1) is 0 Å². The van der Waals surface area contributed by atoms with Crippen LogP contribution < -0.4 is 5.73 Å². The normalized spacial score (nSPS) is 12.4. The molecule has 0 unspecified atom stereocenters. The van der Waals surface area contributed by atoms with E-state index in [1.165, 1.54) is 19.4 Å². The number of rotatable bonds is 10. The van der Waals surface area contributed by atoms with Crippen LogP contribution in [0.15, 0.2) is 0 Å². The molecule has 0 amide bonds. The van der Waals surface area contributed by atoms with Crippen molar-refractivity contribution in [1.82, 2.24) is 9.80 Å². The van der Waals surface area contributed by atoms with Crippen molar-refractivity contribution in [2.75, 3.05) is 40.3 Å². The lowest BCUT2D eigenvalue weighted by Crippen LogP contribution is -2.32. The Bertz CT molecular complexity index is 239. The molecule has 0 heterocycles. The maximum Gasteiger partial charge on any atom is 0.0784 e. The first-order valence-electron chi connectivity index (χ1n) is 6.96. The number of hydrogen-bond donors (Lipinski definition) is 1. The highest BCUT2D eigenvalue weighted by Gasteiger charge is 2.20. The van der Waals surface area contributed by atoms with E-state index in [2.05, 4.69) is 44.7 Å². The Morgan fingerprint density at radius 1 is 1.11 bits per heavy atom. The Balaban J connectivity index is 3.83. The quantitative estimate of drug-likeness (QED) is 0.619. The molecular formula is C14H31N3S. The summed E-state index contributed by atoms with van der Waals surface area (Å²) in [5.41, 5.74) is 5.74. The van der Waals surface area contributed by atoms with Gasteiger partial charge in [0.2, 0.25) is 0 Å². The first-order chi connectivity index (χ1) is 8.29. The fourth-order valence-electron chi connectivity index (χ4n) is 1.91. The van der Waals surface area contributed by atoms with Gasteiger partial charge in [0.25, 0.3) is 0 Å². The first kappa shape index (κ1) is 17.8. The van der Waals surface area contributed by atoms with Crippen LogP contribution in [0.3, 0.4) is 0 Å². The van der Waals surface area contributed by atoms with Gasteiger partial charge in [0.1, 0.15) is 0 Å². The summed E-state index contributed by atoms with van der Waals surface area (Å²) in [4.78, 5) is 5.39. The molecule has 0 rings (SSSR count). The molecule has 0 atom stereocenters. The van der Waals surface area contributed by atoms with Crippen LogP contribution in [0.25, 0.3) is 0 Å². The molecule has 4 heteroatoms. The fraction of sp³-hybridized carbons (Fsp3) is 0.929. The highest BCUT2D eigenvalue weighted by atomic mass is 32.1. The van der Waals surface area contributed by atoms with Crippen molar-refractivity contribution in [2.24, 2.45) is 11.1 Å². The molecular weight excluding hydrogens is 242 g/mol. The Kier molecular flexibility index (Phi) is 8.74. The minimum Gasteiger partial charge on any atom is -0.393 e. The molecule has 0 aliphatic carbocycles. The summed E-state index contributed by atoms with van der Waals surface area (Å²) in [6.45, 7) is 11.1. The van der Waals surface area contributed by atoms with E-state index >= 15 is 0 Å². The van der Waals surface area contributed by atoms with Crippen LogP contribution in [-0.4, -0.2) is 55.1 Å². The SMILES string of the molecule is CCN(CCCN(C)C)CCCC(C)(C)C(N)=S. The van der Waals surface area contributed by atoms with Crippen molar-refractivity contribution in [3.63, 3.8) is 0 Å². The van der Waals surface area contributed by atoms with Gasteiger partial charge in [-0.3, -0.25) is 0 Å². The molecule has 0 fully saturated rings. The van der Waals surface area contributed by atoms with Gasteiger partial charge in [0.05, 0.1) is 4.99 Å². The monoisotopic (exact) mass is 273 g/mol. The summed E-state index contributed by atoms with van der Waals surface area (Å²) >= 11 is 5.10. The zero-order valence-electron chi connectivity index (χ0n) is 12.8. The predicted molar refractivity (Wildman–Crippen MR) is 85.1 cm³/mol. The van der Waals surface area contributed by atoms with E-state index in [0.29, 0.717) is 4.99 Å². The van der Waals surface area contributed by atoms with Crippen molar-refractivity contribution in [2.45, 2.75) is 40.0 Å². The Morgan fingerprint density at radius 2 is 1.67 bits per heavy atom. The molecule has 0 aromatic rings. The van der Waals surface area contributed by atoms with E-state index in [1.54, 1.807) is 0 Å². The van der Waals surface area contributed by atoms with Crippen LogP contribution >= 0.6 is 12.2 Å². The van der Waals surface area contributed by atoms with E-state index in [9.17, 15) is 0 Å². The van der Waals surface area contributed by atoms with Crippen molar-refractivity contribution < 1.29 is 0 Å². The van der Waals surface area contributed by atoms with Gasteiger partial charge in [-0.05, 0) is 59.5 Å². The predicted octanol–water partition coefficient (Wildman–Crippen LogP) is 2.35. The Morgan fingerprint density at radius 3 is 2.11 bits per heavy atom. The molecule has 3 nitrogen and oxygen atoms in total. The largest absolute Gasteiger partial charge is 0.393 e. The molecule has 0 saturated heterocycles. The van der Waals surface area contributed by atoms with Crippen LogP contribution in [0.5, 0.6) is 0 Å². The Labute approximate surface area is 119 Å². The molecule has 0 aromatic carbocycles. The lowest BCUT2D eigenvalue weighted by molar-refractivity contribution is 0.253. The standard InChI is InChI=1S/C14H31N3S/c1-6-17(12-8-10-16(4)5)11-7-9-14(2,3)13(15)18/h6-12H2,1-5H3,(H2,15,18). The molecule has 108 valence electrons. The molecule has 0 radical (unpaired) electrons. The smallest absolute Gasteiger partial charge is 0.0784 e. The lowest BCUT2D eigenvalue weighted by atomic mass is 9.88. The minimum absolute atomic E-state index is 0.00161. The van der Waals surface area contributed by atoms with Gasteiger partial charge in [0, 0.05) is 5.41 Å². The Hall–Kier alpha value is -0.190. The third-order valence-corrected chi connectivity index (χ3v) is 4.02. The molecule has 18 heavy (non-hydrogen) atoms. The number of thiocarbonyl (C=S) groups is 1. The third-order valence-electron chi connectivity index (χ3n) is 3.47. The number of hydrogen-bond acceptors (Lipinski definition) is 3. The van der Waals surface area contributed by atoms with Crippen LogP contribution in [0.1, 0.15) is 40.0 Å². The summed E-state index contributed by atoms with van der Waals surface area (Å²) in [7, 11) is 4.25. The summed E-state index contributed by atoms with van der Waals surface area (Å²) in [6.07, 6.45) is 3.48. The van der Waals surface area contributed by atoms with E-state index in [1.807, 2.05) is 0 Å². The fourth-order valence-corrected chi connectivity index (χ4v) is 2.01. The molecule has 0 aliphatic rings. The van der Waals surface area contributed by atoms with Gasteiger partial charge >= 0.3 is 0 Å². The van der Waals surface area contributed by atoms with E-state index in [0.717, 1.165) is 26.1 Å². The van der Waals surface area contributed by atoms with Crippen LogP contribution in [0.2, 0.25) is 0 Å². The van der Waals surface area contributed by atoms with Crippen molar-refractivity contribution in [1.29, 1.82) is 0 Å². The number of nitrogens with two attached hydrogens (primary N) is 1. The highest BCUT2D eigenvalue weighted by molar-refractivity contribution is 7.80. The van der Waals surface area contributed by atoms with Crippen molar-refractivity contribution in [3.05, 3.63) is 0 Å². The number of nitrogens with zero attached hydrogens (tertiary/aromatic N) is 2. The second-order valence-corrected chi connectivity index (χ2v) is 6.38. The van der Waals surface area contributed by atoms with Gasteiger partial charge in [-0.2, -0.15) is 0 Å². The zero-order chi connectivity index (χ0) is 14.2. The average molecular weight is 273 g/mol. The zero-order valence-corrected chi connectivity index (χ0v) is 13.6. The molecule has 0 bridgehead atoms. The molecule has 0 spiro atoms. The van der Waals surface area contributed by atoms with E-state index in [-0.39, 0.29) is 5.41 Å². The third kappa shape index (κ3) is 8.01.